The number of ether oxygens (including phenoxy) is 3. The van der Waals surface area contributed by atoms with Crippen LogP contribution in [0.3, 0.4) is 0 Å². The number of sulfonamides is 1. The van der Waals surface area contributed by atoms with Crippen LogP contribution in [-0.2, 0) is 19.6 Å². The fourth-order valence-electron chi connectivity index (χ4n) is 3.41. The largest absolute Gasteiger partial charge is 0.489 e. The number of hydrogen-bond donors (Lipinski definition) is 1. The molecule has 1 heterocycles. The number of anilines is 1. The summed E-state index contributed by atoms with van der Waals surface area (Å²) in [6.45, 7) is 8.69. The summed E-state index contributed by atoms with van der Waals surface area (Å²) in [6, 6.07) is 10.2. The van der Waals surface area contributed by atoms with Crippen molar-refractivity contribution >= 4 is 21.6 Å². The van der Waals surface area contributed by atoms with Crippen LogP contribution in [0.1, 0.15) is 25.0 Å². The Hall–Kier alpha value is -2.62. The van der Waals surface area contributed by atoms with Crippen LogP contribution in [-0.4, -0.2) is 57.6 Å². The summed E-state index contributed by atoms with van der Waals surface area (Å²) >= 11 is 0. The van der Waals surface area contributed by atoms with Crippen LogP contribution in [0.15, 0.2) is 41.3 Å². The first kappa shape index (κ1) is 24.0. The van der Waals surface area contributed by atoms with Gasteiger partial charge in [0.2, 0.25) is 10.0 Å². The second-order valence-corrected chi connectivity index (χ2v) is 9.94. The van der Waals surface area contributed by atoms with Gasteiger partial charge in [0.25, 0.3) is 5.91 Å². The molecule has 2 aromatic rings. The lowest BCUT2D eigenvalue weighted by atomic mass is 10.1. The third kappa shape index (κ3) is 6.21. The van der Waals surface area contributed by atoms with Gasteiger partial charge in [0.15, 0.2) is 6.61 Å². The highest BCUT2D eigenvalue weighted by atomic mass is 32.2. The van der Waals surface area contributed by atoms with Crippen molar-refractivity contribution in [2.24, 2.45) is 0 Å². The molecule has 3 rings (SSSR count). The van der Waals surface area contributed by atoms with Gasteiger partial charge in [-0.3, -0.25) is 4.79 Å². The third-order valence-electron chi connectivity index (χ3n) is 4.76. The monoisotopic (exact) mass is 462 g/mol. The normalized spacial score (nSPS) is 14.9. The predicted octanol–water partition coefficient (Wildman–Crippen LogP) is 3.13. The molecule has 0 unspecified atom stereocenters. The number of carbonyl (C=O) groups is 1. The molecule has 9 heteroatoms. The minimum Gasteiger partial charge on any atom is -0.489 e. The summed E-state index contributed by atoms with van der Waals surface area (Å²) in [7, 11) is -3.72. The van der Waals surface area contributed by atoms with E-state index in [1.165, 1.54) is 16.4 Å². The molecule has 1 saturated heterocycles. The number of amides is 1. The number of nitrogens with one attached hydrogen (secondary N) is 1. The van der Waals surface area contributed by atoms with Gasteiger partial charge < -0.3 is 19.5 Å². The van der Waals surface area contributed by atoms with Crippen LogP contribution >= 0.6 is 0 Å². The van der Waals surface area contributed by atoms with Gasteiger partial charge >= 0.3 is 0 Å². The summed E-state index contributed by atoms with van der Waals surface area (Å²) in [5, 5.41) is 2.73. The lowest BCUT2D eigenvalue weighted by Crippen LogP contribution is -2.40. The molecule has 0 saturated carbocycles. The molecule has 2 aromatic carbocycles. The number of nitrogens with zero attached hydrogens (tertiary/aromatic N) is 1. The molecule has 1 N–H and O–H groups in total. The standard InChI is InChI=1S/C23H30N2O6S/c1-16(2)31-22-6-5-20(32(27,28)25-7-9-29-10-8-25)14-21(22)24-23(26)15-30-19-12-17(3)11-18(4)13-19/h5-6,11-14,16H,7-10,15H2,1-4H3,(H,24,26). The molecule has 0 spiro atoms. The van der Waals surface area contributed by atoms with Gasteiger partial charge in [-0.1, -0.05) is 6.07 Å². The highest BCUT2D eigenvalue weighted by Crippen LogP contribution is 2.30. The number of morpholine rings is 1. The van der Waals surface area contributed by atoms with Crippen molar-refractivity contribution in [3.8, 4) is 11.5 Å². The third-order valence-corrected chi connectivity index (χ3v) is 6.66. The van der Waals surface area contributed by atoms with E-state index in [4.69, 9.17) is 14.2 Å². The van der Waals surface area contributed by atoms with E-state index in [0.717, 1.165) is 11.1 Å². The zero-order chi connectivity index (χ0) is 23.3. The molecule has 0 radical (unpaired) electrons. The van der Waals surface area contributed by atoms with Gasteiger partial charge in [-0.05, 0) is 69.2 Å². The van der Waals surface area contributed by atoms with Crippen LogP contribution in [0.5, 0.6) is 11.5 Å². The number of aryl methyl sites for hydroxylation is 2. The Kier molecular flexibility index (Phi) is 7.76. The lowest BCUT2D eigenvalue weighted by Gasteiger charge is -2.26. The molecular formula is C23H30N2O6S. The lowest BCUT2D eigenvalue weighted by molar-refractivity contribution is -0.118. The molecule has 1 amide bonds. The van der Waals surface area contributed by atoms with Crippen molar-refractivity contribution in [3.05, 3.63) is 47.5 Å². The maximum Gasteiger partial charge on any atom is 0.262 e. The summed E-state index contributed by atoms with van der Waals surface area (Å²) in [5.41, 5.74) is 2.35. The first-order valence-electron chi connectivity index (χ1n) is 10.5. The first-order valence-corrected chi connectivity index (χ1v) is 12.0. The molecule has 0 atom stereocenters. The Morgan fingerprint density at radius 2 is 1.75 bits per heavy atom. The zero-order valence-corrected chi connectivity index (χ0v) is 19.7. The topological polar surface area (TPSA) is 94.2 Å². The summed E-state index contributed by atoms with van der Waals surface area (Å²) in [6.07, 6.45) is -0.154. The highest BCUT2D eigenvalue weighted by molar-refractivity contribution is 7.89. The van der Waals surface area contributed by atoms with Gasteiger partial charge in [-0.2, -0.15) is 4.31 Å². The average molecular weight is 463 g/mol. The van der Waals surface area contributed by atoms with E-state index < -0.39 is 15.9 Å². The van der Waals surface area contributed by atoms with Crippen LogP contribution < -0.4 is 14.8 Å². The number of rotatable bonds is 8. The first-order chi connectivity index (χ1) is 15.1. The second-order valence-electron chi connectivity index (χ2n) is 8.00. The van der Waals surface area contributed by atoms with Crippen molar-refractivity contribution in [1.82, 2.24) is 4.31 Å². The maximum atomic E-state index is 13.0. The maximum absolute atomic E-state index is 13.0. The summed E-state index contributed by atoms with van der Waals surface area (Å²) < 4.78 is 44.1. The molecule has 174 valence electrons. The van der Waals surface area contributed by atoms with Crippen molar-refractivity contribution in [1.29, 1.82) is 0 Å². The molecule has 1 aliphatic rings. The Morgan fingerprint density at radius 3 is 2.38 bits per heavy atom. The fourth-order valence-corrected chi connectivity index (χ4v) is 4.85. The molecule has 0 aliphatic carbocycles. The Labute approximate surface area is 189 Å². The summed E-state index contributed by atoms with van der Waals surface area (Å²) in [4.78, 5) is 12.7. The molecule has 32 heavy (non-hydrogen) atoms. The van der Waals surface area contributed by atoms with E-state index in [9.17, 15) is 13.2 Å². The quantitative estimate of drug-likeness (QED) is 0.648. The van der Waals surface area contributed by atoms with Gasteiger partial charge in [0, 0.05) is 13.1 Å². The second kappa shape index (κ2) is 10.3. The van der Waals surface area contributed by atoms with Crippen molar-refractivity contribution in [3.63, 3.8) is 0 Å². The van der Waals surface area contributed by atoms with Gasteiger partial charge in [0.1, 0.15) is 11.5 Å². The number of benzene rings is 2. The smallest absolute Gasteiger partial charge is 0.262 e. The molecular weight excluding hydrogens is 432 g/mol. The Morgan fingerprint density at radius 1 is 1.09 bits per heavy atom. The van der Waals surface area contributed by atoms with Gasteiger partial charge in [-0.25, -0.2) is 8.42 Å². The Balaban J connectivity index is 1.79. The predicted molar refractivity (Wildman–Crippen MR) is 122 cm³/mol. The van der Waals surface area contributed by atoms with Crippen molar-refractivity contribution < 1.29 is 27.4 Å². The molecule has 1 aliphatic heterocycles. The van der Waals surface area contributed by atoms with Crippen LogP contribution in [0.25, 0.3) is 0 Å². The van der Waals surface area contributed by atoms with E-state index in [0.29, 0.717) is 24.7 Å². The van der Waals surface area contributed by atoms with Crippen LogP contribution in [0.2, 0.25) is 0 Å². The average Bonchev–Trinajstić information content (AvgIpc) is 2.73. The number of carbonyl (C=O) groups excluding carboxylic acids is 1. The minimum atomic E-state index is -3.72. The van der Waals surface area contributed by atoms with E-state index >= 15 is 0 Å². The van der Waals surface area contributed by atoms with Gasteiger partial charge in [0.05, 0.1) is 29.9 Å². The SMILES string of the molecule is Cc1cc(C)cc(OCC(=O)Nc2cc(S(=O)(=O)N3CCOCC3)ccc2OC(C)C)c1. The van der Waals surface area contributed by atoms with E-state index in [2.05, 4.69) is 5.32 Å². The van der Waals surface area contributed by atoms with Gasteiger partial charge in [-0.15, -0.1) is 0 Å². The Bertz CT molecular complexity index is 1040. The van der Waals surface area contributed by atoms with Crippen molar-refractivity contribution in [2.45, 2.75) is 38.7 Å². The molecule has 1 fully saturated rings. The van der Waals surface area contributed by atoms with E-state index in [1.807, 2.05) is 45.9 Å². The fraction of sp³-hybridized carbons (Fsp3) is 0.435. The highest BCUT2D eigenvalue weighted by Gasteiger charge is 2.27. The van der Waals surface area contributed by atoms with E-state index in [-0.39, 0.29) is 36.4 Å². The van der Waals surface area contributed by atoms with E-state index in [1.54, 1.807) is 6.07 Å². The molecule has 0 aromatic heterocycles. The molecule has 8 nitrogen and oxygen atoms in total. The van der Waals surface area contributed by atoms with Crippen molar-refractivity contribution in [2.75, 3.05) is 38.2 Å². The van der Waals surface area contributed by atoms with Crippen LogP contribution in [0.4, 0.5) is 5.69 Å². The minimum absolute atomic E-state index is 0.0843. The van der Waals surface area contributed by atoms with Crippen LogP contribution in [0, 0.1) is 13.8 Å². The zero-order valence-electron chi connectivity index (χ0n) is 18.9. The molecule has 0 bridgehead atoms. The number of hydrogen-bond acceptors (Lipinski definition) is 6. The summed E-state index contributed by atoms with van der Waals surface area (Å²) in [5.74, 6) is 0.569.